The minimum absolute atomic E-state index is 0.121. The molecule has 0 spiro atoms. The topological polar surface area (TPSA) is 41.5 Å². The second-order valence-corrected chi connectivity index (χ2v) is 5.74. The lowest BCUT2D eigenvalue weighted by Gasteiger charge is -2.29. The SMILES string of the molecule is CCOc1ccc(C(C)NCC2CCCCC2O)cc1. The van der Waals surface area contributed by atoms with Crippen LogP contribution in [-0.2, 0) is 0 Å². The van der Waals surface area contributed by atoms with E-state index in [1.165, 1.54) is 18.4 Å². The molecule has 112 valence electrons. The molecule has 0 heterocycles. The van der Waals surface area contributed by atoms with Gasteiger partial charge in [0.15, 0.2) is 0 Å². The van der Waals surface area contributed by atoms with Gasteiger partial charge in [0.2, 0.25) is 0 Å². The fourth-order valence-electron chi connectivity index (χ4n) is 2.89. The van der Waals surface area contributed by atoms with Crippen molar-refractivity contribution in [2.24, 2.45) is 5.92 Å². The summed E-state index contributed by atoms with van der Waals surface area (Å²) in [4.78, 5) is 0. The number of benzene rings is 1. The molecular formula is C17H27NO2. The highest BCUT2D eigenvalue weighted by Crippen LogP contribution is 2.25. The first-order valence-electron chi connectivity index (χ1n) is 7.85. The maximum absolute atomic E-state index is 9.99. The van der Waals surface area contributed by atoms with E-state index >= 15 is 0 Å². The second-order valence-electron chi connectivity index (χ2n) is 5.74. The van der Waals surface area contributed by atoms with Crippen LogP contribution in [0, 0.1) is 5.92 Å². The summed E-state index contributed by atoms with van der Waals surface area (Å²) in [6.07, 6.45) is 4.41. The van der Waals surface area contributed by atoms with Crippen LogP contribution in [0.25, 0.3) is 0 Å². The molecule has 2 N–H and O–H groups in total. The van der Waals surface area contributed by atoms with Crippen molar-refractivity contribution in [1.82, 2.24) is 5.32 Å². The molecule has 1 saturated carbocycles. The molecule has 3 unspecified atom stereocenters. The van der Waals surface area contributed by atoms with Crippen LogP contribution in [0.3, 0.4) is 0 Å². The van der Waals surface area contributed by atoms with Gasteiger partial charge in [0.1, 0.15) is 5.75 Å². The van der Waals surface area contributed by atoms with E-state index in [0.29, 0.717) is 18.6 Å². The molecule has 0 radical (unpaired) electrons. The molecule has 0 bridgehead atoms. The third-order valence-electron chi connectivity index (χ3n) is 4.25. The standard InChI is InChI=1S/C17H27NO2/c1-3-20-16-10-8-14(9-11-16)13(2)18-12-15-6-4-5-7-17(15)19/h8-11,13,15,17-19H,3-7,12H2,1-2H3. The average Bonchev–Trinajstić information content (AvgIpc) is 2.47. The minimum Gasteiger partial charge on any atom is -0.494 e. The summed E-state index contributed by atoms with van der Waals surface area (Å²) in [7, 11) is 0. The normalized spacial score (nSPS) is 24.4. The molecule has 3 heteroatoms. The molecule has 1 aromatic rings. The number of hydrogen-bond acceptors (Lipinski definition) is 3. The van der Waals surface area contributed by atoms with Crippen LogP contribution >= 0.6 is 0 Å². The Morgan fingerprint density at radius 2 is 1.95 bits per heavy atom. The molecule has 0 saturated heterocycles. The monoisotopic (exact) mass is 277 g/mol. The lowest BCUT2D eigenvalue weighted by atomic mass is 9.86. The Morgan fingerprint density at radius 3 is 2.60 bits per heavy atom. The number of aliphatic hydroxyl groups excluding tert-OH is 1. The van der Waals surface area contributed by atoms with Crippen LogP contribution < -0.4 is 10.1 Å². The third-order valence-corrected chi connectivity index (χ3v) is 4.25. The van der Waals surface area contributed by atoms with Gasteiger partial charge in [-0.2, -0.15) is 0 Å². The highest BCUT2D eigenvalue weighted by Gasteiger charge is 2.23. The number of rotatable bonds is 6. The summed E-state index contributed by atoms with van der Waals surface area (Å²) in [5.74, 6) is 1.33. The maximum Gasteiger partial charge on any atom is 0.119 e. The zero-order chi connectivity index (χ0) is 14.4. The van der Waals surface area contributed by atoms with Crippen LogP contribution in [0.5, 0.6) is 5.75 Å². The van der Waals surface area contributed by atoms with Crippen LogP contribution in [0.15, 0.2) is 24.3 Å². The zero-order valence-corrected chi connectivity index (χ0v) is 12.6. The van der Waals surface area contributed by atoms with Gasteiger partial charge in [-0.1, -0.05) is 25.0 Å². The van der Waals surface area contributed by atoms with Crippen LogP contribution in [0.2, 0.25) is 0 Å². The molecule has 1 fully saturated rings. The maximum atomic E-state index is 9.99. The van der Waals surface area contributed by atoms with Gasteiger partial charge in [0.05, 0.1) is 12.7 Å². The van der Waals surface area contributed by atoms with Crippen molar-refractivity contribution in [2.75, 3.05) is 13.2 Å². The van der Waals surface area contributed by atoms with E-state index in [1.807, 2.05) is 19.1 Å². The van der Waals surface area contributed by atoms with Gasteiger partial charge < -0.3 is 15.2 Å². The van der Waals surface area contributed by atoms with E-state index in [2.05, 4.69) is 24.4 Å². The van der Waals surface area contributed by atoms with Crippen LogP contribution in [0.4, 0.5) is 0 Å². The second kappa shape index (κ2) is 7.65. The smallest absolute Gasteiger partial charge is 0.119 e. The Morgan fingerprint density at radius 1 is 1.25 bits per heavy atom. The molecule has 1 aliphatic carbocycles. The van der Waals surface area contributed by atoms with Crippen LogP contribution in [-0.4, -0.2) is 24.4 Å². The molecule has 0 amide bonds. The van der Waals surface area contributed by atoms with E-state index in [1.54, 1.807) is 0 Å². The molecule has 1 aromatic carbocycles. The number of nitrogens with one attached hydrogen (secondary N) is 1. The Hall–Kier alpha value is -1.06. The van der Waals surface area contributed by atoms with Crippen molar-refractivity contribution in [2.45, 2.75) is 51.7 Å². The molecule has 0 aromatic heterocycles. The molecule has 1 aliphatic rings. The summed E-state index contributed by atoms with van der Waals surface area (Å²) >= 11 is 0. The van der Waals surface area contributed by atoms with E-state index in [9.17, 15) is 5.11 Å². The predicted octanol–water partition coefficient (Wildman–Crippen LogP) is 3.29. The fourth-order valence-corrected chi connectivity index (χ4v) is 2.89. The highest BCUT2D eigenvalue weighted by molar-refractivity contribution is 5.28. The molecule has 3 nitrogen and oxygen atoms in total. The number of aliphatic hydroxyl groups is 1. The third kappa shape index (κ3) is 4.22. The lowest BCUT2D eigenvalue weighted by Crippen LogP contribution is -2.34. The summed E-state index contributed by atoms with van der Waals surface area (Å²) in [6.45, 7) is 5.76. The zero-order valence-electron chi connectivity index (χ0n) is 12.6. The first-order valence-corrected chi connectivity index (χ1v) is 7.85. The minimum atomic E-state index is -0.121. The van der Waals surface area contributed by atoms with Gasteiger partial charge in [-0.25, -0.2) is 0 Å². The van der Waals surface area contributed by atoms with Crippen LogP contribution in [0.1, 0.15) is 51.1 Å². The number of hydrogen-bond donors (Lipinski definition) is 2. The van der Waals surface area contributed by atoms with Crippen molar-refractivity contribution in [3.05, 3.63) is 29.8 Å². The van der Waals surface area contributed by atoms with Crippen molar-refractivity contribution < 1.29 is 9.84 Å². The number of ether oxygens (including phenoxy) is 1. The van der Waals surface area contributed by atoms with E-state index in [0.717, 1.165) is 25.1 Å². The molecule has 2 rings (SSSR count). The van der Waals surface area contributed by atoms with Gasteiger partial charge in [0.25, 0.3) is 0 Å². The molecule has 3 atom stereocenters. The lowest BCUT2D eigenvalue weighted by molar-refractivity contribution is 0.0684. The van der Waals surface area contributed by atoms with Gasteiger partial charge >= 0.3 is 0 Å². The van der Waals surface area contributed by atoms with E-state index in [4.69, 9.17) is 4.74 Å². The molecule has 0 aliphatic heterocycles. The summed E-state index contributed by atoms with van der Waals surface area (Å²) in [5.41, 5.74) is 1.26. The Bertz CT molecular complexity index is 390. The van der Waals surface area contributed by atoms with Gasteiger partial charge in [-0.3, -0.25) is 0 Å². The molecular weight excluding hydrogens is 250 g/mol. The first-order chi connectivity index (χ1) is 9.70. The van der Waals surface area contributed by atoms with E-state index < -0.39 is 0 Å². The Balaban J connectivity index is 1.83. The summed E-state index contributed by atoms with van der Waals surface area (Å²) in [6, 6.07) is 8.57. The predicted molar refractivity (Wildman–Crippen MR) is 82.0 cm³/mol. The summed E-state index contributed by atoms with van der Waals surface area (Å²) < 4.78 is 5.46. The Kier molecular flexibility index (Phi) is 5.86. The van der Waals surface area contributed by atoms with E-state index in [-0.39, 0.29) is 6.10 Å². The van der Waals surface area contributed by atoms with Crippen molar-refractivity contribution in [3.8, 4) is 5.75 Å². The van der Waals surface area contributed by atoms with Gasteiger partial charge in [-0.05, 0) is 50.3 Å². The highest BCUT2D eigenvalue weighted by atomic mass is 16.5. The fraction of sp³-hybridized carbons (Fsp3) is 0.647. The van der Waals surface area contributed by atoms with Gasteiger partial charge in [0, 0.05) is 12.6 Å². The van der Waals surface area contributed by atoms with Crippen molar-refractivity contribution in [1.29, 1.82) is 0 Å². The van der Waals surface area contributed by atoms with Gasteiger partial charge in [-0.15, -0.1) is 0 Å². The van der Waals surface area contributed by atoms with Crippen molar-refractivity contribution >= 4 is 0 Å². The Labute approximate surface area is 122 Å². The first kappa shape index (κ1) is 15.3. The average molecular weight is 277 g/mol. The largest absolute Gasteiger partial charge is 0.494 e. The molecule has 20 heavy (non-hydrogen) atoms. The quantitative estimate of drug-likeness (QED) is 0.838. The van der Waals surface area contributed by atoms with Crippen molar-refractivity contribution in [3.63, 3.8) is 0 Å². The summed E-state index contributed by atoms with van der Waals surface area (Å²) in [5, 5.41) is 13.5.